The summed E-state index contributed by atoms with van der Waals surface area (Å²) >= 11 is 0. The number of nitrogens with zero attached hydrogens (tertiary/aromatic N) is 3. The van der Waals surface area contributed by atoms with E-state index in [1.54, 1.807) is 10.6 Å². The van der Waals surface area contributed by atoms with E-state index < -0.39 is 0 Å². The van der Waals surface area contributed by atoms with Crippen molar-refractivity contribution in [2.24, 2.45) is 0 Å². The van der Waals surface area contributed by atoms with Gasteiger partial charge < -0.3 is 5.32 Å². The lowest BCUT2D eigenvalue weighted by molar-refractivity contribution is 0.0934. The molecule has 140 valence electrons. The number of hydrogen-bond donors (Lipinski definition) is 1. The average Bonchev–Trinajstić information content (AvgIpc) is 3.18. The third kappa shape index (κ3) is 3.51. The number of amides is 1. The van der Waals surface area contributed by atoms with Crippen molar-refractivity contribution < 1.29 is 4.79 Å². The fourth-order valence-corrected chi connectivity index (χ4v) is 3.06. The Morgan fingerprint density at radius 1 is 1.00 bits per heavy atom. The zero-order chi connectivity index (χ0) is 19.5. The van der Waals surface area contributed by atoms with Gasteiger partial charge in [-0.05, 0) is 19.4 Å². The molecule has 0 aliphatic carbocycles. The summed E-state index contributed by atoms with van der Waals surface area (Å²) in [4.78, 5) is 17.3. The molecule has 28 heavy (non-hydrogen) atoms. The van der Waals surface area contributed by atoms with Crippen LogP contribution in [-0.4, -0.2) is 26.5 Å². The van der Waals surface area contributed by atoms with Gasteiger partial charge in [-0.2, -0.15) is 5.10 Å². The van der Waals surface area contributed by atoms with Crippen LogP contribution in [-0.2, 0) is 0 Å². The standard InChI is InChI=1S/C23H22N4O/c1-3-16(2)24-23(28)20-15-22-25-19(17-10-6-4-7-11-17)14-21(27(22)26-20)18-12-8-5-9-13-18/h4-16H,3H2,1-2H3,(H,24,28). The molecule has 0 radical (unpaired) electrons. The Labute approximate surface area is 164 Å². The van der Waals surface area contributed by atoms with Crippen LogP contribution in [0.15, 0.2) is 72.8 Å². The Bertz CT molecular complexity index is 1100. The second-order valence-corrected chi connectivity index (χ2v) is 6.84. The van der Waals surface area contributed by atoms with Crippen LogP contribution in [0, 0.1) is 0 Å². The number of rotatable bonds is 5. The zero-order valence-corrected chi connectivity index (χ0v) is 16.0. The smallest absolute Gasteiger partial charge is 0.272 e. The zero-order valence-electron chi connectivity index (χ0n) is 16.0. The van der Waals surface area contributed by atoms with E-state index in [-0.39, 0.29) is 11.9 Å². The molecule has 1 unspecified atom stereocenters. The number of hydrogen-bond acceptors (Lipinski definition) is 3. The van der Waals surface area contributed by atoms with Gasteiger partial charge in [0.2, 0.25) is 0 Å². The van der Waals surface area contributed by atoms with E-state index >= 15 is 0 Å². The summed E-state index contributed by atoms with van der Waals surface area (Å²) in [6, 6.07) is 23.9. The van der Waals surface area contributed by atoms with E-state index in [1.807, 2.05) is 80.6 Å². The Morgan fingerprint density at radius 3 is 2.29 bits per heavy atom. The van der Waals surface area contributed by atoms with Crippen molar-refractivity contribution in [3.05, 3.63) is 78.5 Å². The molecule has 2 heterocycles. The molecule has 5 nitrogen and oxygen atoms in total. The highest BCUT2D eigenvalue weighted by Gasteiger charge is 2.17. The van der Waals surface area contributed by atoms with E-state index in [9.17, 15) is 4.79 Å². The van der Waals surface area contributed by atoms with Crippen molar-refractivity contribution >= 4 is 11.6 Å². The molecule has 0 fully saturated rings. The highest BCUT2D eigenvalue weighted by molar-refractivity contribution is 5.93. The Balaban J connectivity index is 1.87. The highest BCUT2D eigenvalue weighted by Crippen LogP contribution is 2.26. The molecule has 2 aromatic heterocycles. The van der Waals surface area contributed by atoms with Gasteiger partial charge in [-0.15, -0.1) is 0 Å². The lowest BCUT2D eigenvalue weighted by Gasteiger charge is -2.09. The van der Waals surface area contributed by atoms with Crippen molar-refractivity contribution in [2.45, 2.75) is 26.3 Å². The molecule has 0 bridgehead atoms. The van der Waals surface area contributed by atoms with Crippen LogP contribution in [0.2, 0.25) is 0 Å². The second kappa shape index (κ2) is 7.64. The number of carbonyl (C=O) groups is 1. The third-order valence-electron chi connectivity index (χ3n) is 4.79. The maximum absolute atomic E-state index is 12.6. The molecule has 4 rings (SSSR count). The van der Waals surface area contributed by atoms with Crippen molar-refractivity contribution in [3.8, 4) is 22.5 Å². The minimum absolute atomic E-state index is 0.0961. The second-order valence-electron chi connectivity index (χ2n) is 6.84. The predicted molar refractivity (Wildman–Crippen MR) is 111 cm³/mol. The normalized spacial score (nSPS) is 12.1. The van der Waals surface area contributed by atoms with Crippen molar-refractivity contribution in [1.82, 2.24) is 19.9 Å². The third-order valence-corrected chi connectivity index (χ3v) is 4.79. The van der Waals surface area contributed by atoms with Crippen molar-refractivity contribution in [3.63, 3.8) is 0 Å². The topological polar surface area (TPSA) is 59.3 Å². The SMILES string of the molecule is CCC(C)NC(=O)c1cc2nc(-c3ccccc3)cc(-c3ccccc3)n2n1. The molecule has 0 saturated heterocycles. The van der Waals surface area contributed by atoms with E-state index in [0.717, 1.165) is 28.9 Å². The lowest BCUT2D eigenvalue weighted by atomic mass is 10.1. The molecular formula is C23H22N4O. The monoisotopic (exact) mass is 370 g/mol. The van der Waals surface area contributed by atoms with Crippen LogP contribution in [0.5, 0.6) is 0 Å². The summed E-state index contributed by atoms with van der Waals surface area (Å²) in [5.74, 6) is -0.180. The summed E-state index contributed by atoms with van der Waals surface area (Å²) in [5, 5.41) is 7.52. The van der Waals surface area contributed by atoms with Crippen molar-refractivity contribution in [2.75, 3.05) is 0 Å². The molecule has 2 aromatic carbocycles. The predicted octanol–water partition coefficient (Wildman–Crippen LogP) is 4.59. The quantitative estimate of drug-likeness (QED) is 0.559. The van der Waals surface area contributed by atoms with Gasteiger partial charge in [0.1, 0.15) is 0 Å². The van der Waals surface area contributed by atoms with Gasteiger partial charge in [0.05, 0.1) is 11.4 Å². The molecule has 0 spiro atoms. The van der Waals surface area contributed by atoms with Gasteiger partial charge in [-0.25, -0.2) is 9.50 Å². The summed E-state index contributed by atoms with van der Waals surface area (Å²) in [6.07, 6.45) is 0.866. The fraction of sp³-hybridized carbons (Fsp3) is 0.174. The maximum Gasteiger partial charge on any atom is 0.272 e. The molecule has 1 N–H and O–H groups in total. The van der Waals surface area contributed by atoms with Crippen LogP contribution in [0.4, 0.5) is 0 Å². The first-order valence-electron chi connectivity index (χ1n) is 9.48. The number of fused-ring (bicyclic) bond motifs is 1. The molecule has 0 aliphatic rings. The Hall–Kier alpha value is -3.47. The maximum atomic E-state index is 12.6. The van der Waals surface area contributed by atoms with Gasteiger partial charge in [0.25, 0.3) is 5.91 Å². The largest absolute Gasteiger partial charge is 0.348 e. The molecule has 1 amide bonds. The first kappa shape index (κ1) is 17.9. The van der Waals surface area contributed by atoms with E-state index in [4.69, 9.17) is 4.98 Å². The first-order chi connectivity index (χ1) is 13.7. The summed E-state index contributed by atoms with van der Waals surface area (Å²) < 4.78 is 1.74. The molecule has 5 heteroatoms. The van der Waals surface area contributed by atoms with E-state index in [1.165, 1.54) is 0 Å². The summed E-state index contributed by atoms with van der Waals surface area (Å²) in [5.41, 5.74) is 4.80. The Kier molecular flexibility index (Phi) is 4.89. The molecule has 0 saturated carbocycles. The number of aromatic nitrogens is 3. The average molecular weight is 370 g/mol. The lowest BCUT2D eigenvalue weighted by Crippen LogP contribution is -2.32. The molecule has 4 aromatic rings. The fourth-order valence-electron chi connectivity index (χ4n) is 3.06. The number of carbonyl (C=O) groups excluding carboxylic acids is 1. The summed E-state index contributed by atoms with van der Waals surface area (Å²) in [7, 11) is 0. The van der Waals surface area contributed by atoms with Crippen LogP contribution < -0.4 is 5.32 Å². The van der Waals surface area contributed by atoms with Crippen LogP contribution in [0.25, 0.3) is 28.2 Å². The van der Waals surface area contributed by atoms with E-state index in [2.05, 4.69) is 10.4 Å². The molecule has 1 atom stereocenters. The Morgan fingerprint density at radius 2 is 1.64 bits per heavy atom. The van der Waals surface area contributed by atoms with E-state index in [0.29, 0.717) is 11.3 Å². The van der Waals surface area contributed by atoms with Gasteiger partial charge in [-0.3, -0.25) is 4.79 Å². The van der Waals surface area contributed by atoms with Crippen LogP contribution >= 0.6 is 0 Å². The van der Waals surface area contributed by atoms with Gasteiger partial charge in [-0.1, -0.05) is 67.6 Å². The number of benzene rings is 2. The number of nitrogens with one attached hydrogen (secondary N) is 1. The highest BCUT2D eigenvalue weighted by atomic mass is 16.2. The minimum Gasteiger partial charge on any atom is -0.348 e. The van der Waals surface area contributed by atoms with Gasteiger partial charge >= 0.3 is 0 Å². The van der Waals surface area contributed by atoms with Crippen LogP contribution in [0.3, 0.4) is 0 Å². The summed E-state index contributed by atoms with van der Waals surface area (Å²) in [6.45, 7) is 4.02. The molecule has 0 aliphatic heterocycles. The molecular weight excluding hydrogens is 348 g/mol. The minimum atomic E-state index is -0.180. The van der Waals surface area contributed by atoms with Gasteiger partial charge in [0.15, 0.2) is 11.3 Å². The van der Waals surface area contributed by atoms with Gasteiger partial charge in [0, 0.05) is 23.2 Å². The first-order valence-corrected chi connectivity index (χ1v) is 9.48. The van der Waals surface area contributed by atoms with Crippen molar-refractivity contribution in [1.29, 1.82) is 0 Å². The van der Waals surface area contributed by atoms with Crippen LogP contribution in [0.1, 0.15) is 30.8 Å².